The zero-order valence-corrected chi connectivity index (χ0v) is 12.0. The Morgan fingerprint density at radius 2 is 1.82 bits per heavy atom. The number of phenolic OH excluding ortho intramolecular Hbond substituents is 1. The summed E-state index contributed by atoms with van der Waals surface area (Å²) in [5.41, 5.74) is 1.48. The molecule has 2 aromatic carbocycles. The van der Waals surface area contributed by atoms with E-state index in [0.29, 0.717) is 18.8 Å². The average Bonchev–Trinajstić information content (AvgIpc) is 2.43. The van der Waals surface area contributed by atoms with Gasteiger partial charge >= 0.3 is 6.36 Å². The molecule has 0 aliphatic heterocycles. The van der Waals surface area contributed by atoms with Crippen molar-refractivity contribution in [2.24, 2.45) is 0 Å². The van der Waals surface area contributed by atoms with Crippen molar-refractivity contribution in [1.29, 1.82) is 0 Å². The highest BCUT2D eigenvalue weighted by molar-refractivity contribution is 5.51. The van der Waals surface area contributed by atoms with Crippen molar-refractivity contribution in [3.8, 4) is 11.5 Å². The molecule has 0 atom stereocenters. The van der Waals surface area contributed by atoms with Gasteiger partial charge in [0, 0.05) is 24.8 Å². The number of rotatable bonds is 5. The third kappa shape index (κ3) is 4.58. The van der Waals surface area contributed by atoms with Crippen molar-refractivity contribution in [2.75, 3.05) is 11.4 Å². The Morgan fingerprint density at radius 1 is 1.09 bits per heavy atom. The van der Waals surface area contributed by atoms with Crippen LogP contribution in [0.3, 0.4) is 0 Å². The predicted octanol–water partition coefficient (Wildman–Crippen LogP) is 4.32. The van der Waals surface area contributed by atoms with Gasteiger partial charge in [-0.15, -0.1) is 13.2 Å². The number of hydrogen-bond acceptors (Lipinski definition) is 3. The summed E-state index contributed by atoms with van der Waals surface area (Å²) in [6.07, 6.45) is -4.71. The van der Waals surface area contributed by atoms with E-state index in [1.54, 1.807) is 24.3 Å². The fourth-order valence-electron chi connectivity index (χ4n) is 2.14. The van der Waals surface area contributed by atoms with Gasteiger partial charge in [-0.05, 0) is 36.8 Å². The molecule has 0 fully saturated rings. The molecular weight excluding hydrogens is 295 g/mol. The monoisotopic (exact) mass is 311 g/mol. The van der Waals surface area contributed by atoms with Gasteiger partial charge in [-0.1, -0.05) is 18.2 Å². The second kappa shape index (κ2) is 6.60. The van der Waals surface area contributed by atoms with Crippen molar-refractivity contribution < 1.29 is 23.0 Å². The second-order valence-electron chi connectivity index (χ2n) is 4.73. The van der Waals surface area contributed by atoms with Gasteiger partial charge in [-0.25, -0.2) is 0 Å². The number of alkyl halides is 3. The number of benzene rings is 2. The van der Waals surface area contributed by atoms with Gasteiger partial charge in [0.2, 0.25) is 0 Å². The Labute approximate surface area is 126 Å². The van der Waals surface area contributed by atoms with Gasteiger partial charge in [-0.2, -0.15) is 0 Å². The van der Waals surface area contributed by atoms with Crippen LogP contribution in [0.5, 0.6) is 11.5 Å². The smallest absolute Gasteiger partial charge is 0.508 e. The third-order valence-electron chi connectivity index (χ3n) is 3.08. The summed E-state index contributed by atoms with van der Waals surface area (Å²) in [6.45, 7) is 2.98. The fourth-order valence-corrected chi connectivity index (χ4v) is 2.14. The van der Waals surface area contributed by atoms with E-state index in [1.807, 2.05) is 17.9 Å². The maximum absolute atomic E-state index is 12.3. The van der Waals surface area contributed by atoms with Crippen LogP contribution in [0.2, 0.25) is 0 Å². The molecule has 6 heteroatoms. The van der Waals surface area contributed by atoms with E-state index in [4.69, 9.17) is 0 Å². The quantitative estimate of drug-likeness (QED) is 0.892. The number of hydrogen-bond donors (Lipinski definition) is 1. The molecule has 2 aromatic rings. The highest BCUT2D eigenvalue weighted by Crippen LogP contribution is 2.27. The van der Waals surface area contributed by atoms with Crippen LogP contribution >= 0.6 is 0 Å². The van der Waals surface area contributed by atoms with Crippen LogP contribution in [-0.4, -0.2) is 18.0 Å². The largest absolute Gasteiger partial charge is 0.573 e. The van der Waals surface area contributed by atoms with Crippen molar-refractivity contribution >= 4 is 5.69 Å². The standard InChI is InChI=1S/C16H16F3NO2/c1-2-20(11-12-5-3-7-14(21)9-12)13-6-4-8-15(10-13)22-16(17,18)19/h3-10,21H,2,11H2,1H3. The molecule has 0 saturated heterocycles. The van der Waals surface area contributed by atoms with E-state index in [9.17, 15) is 18.3 Å². The third-order valence-corrected chi connectivity index (χ3v) is 3.08. The summed E-state index contributed by atoms with van der Waals surface area (Å²) in [4.78, 5) is 1.89. The van der Waals surface area contributed by atoms with Gasteiger partial charge in [0.05, 0.1) is 0 Å². The van der Waals surface area contributed by atoms with Gasteiger partial charge < -0.3 is 14.7 Å². The Hall–Kier alpha value is -2.37. The van der Waals surface area contributed by atoms with Crippen LogP contribution in [0.25, 0.3) is 0 Å². The number of nitrogens with zero attached hydrogens (tertiary/aromatic N) is 1. The predicted molar refractivity (Wildman–Crippen MR) is 78.0 cm³/mol. The van der Waals surface area contributed by atoms with Crippen LogP contribution in [0.15, 0.2) is 48.5 Å². The van der Waals surface area contributed by atoms with Crippen LogP contribution < -0.4 is 9.64 Å². The Kier molecular flexibility index (Phi) is 4.80. The van der Waals surface area contributed by atoms with Gasteiger partial charge in [-0.3, -0.25) is 0 Å². The maximum atomic E-state index is 12.3. The minimum absolute atomic E-state index is 0.155. The first-order valence-electron chi connectivity index (χ1n) is 6.76. The van der Waals surface area contributed by atoms with Crippen molar-refractivity contribution in [3.05, 3.63) is 54.1 Å². The second-order valence-corrected chi connectivity index (χ2v) is 4.73. The Bertz CT molecular complexity index is 629. The fraction of sp³-hybridized carbons (Fsp3) is 0.250. The molecule has 2 rings (SSSR count). The number of aromatic hydroxyl groups is 1. The summed E-state index contributed by atoms with van der Waals surface area (Å²) in [7, 11) is 0. The zero-order chi connectivity index (χ0) is 16.2. The van der Waals surface area contributed by atoms with E-state index < -0.39 is 6.36 Å². The Morgan fingerprint density at radius 3 is 2.45 bits per heavy atom. The molecule has 22 heavy (non-hydrogen) atoms. The molecule has 0 aliphatic carbocycles. The Balaban J connectivity index is 2.18. The van der Waals surface area contributed by atoms with E-state index in [1.165, 1.54) is 18.2 Å². The van der Waals surface area contributed by atoms with E-state index in [0.717, 1.165) is 5.56 Å². The van der Waals surface area contributed by atoms with Crippen LogP contribution in [0.1, 0.15) is 12.5 Å². The van der Waals surface area contributed by atoms with E-state index in [-0.39, 0.29) is 11.5 Å². The minimum atomic E-state index is -4.71. The highest BCUT2D eigenvalue weighted by Gasteiger charge is 2.31. The molecule has 3 nitrogen and oxygen atoms in total. The maximum Gasteiger partial charge on any atom is 0.573 e. The lowest BCUT2D eigenvalue weighted by atomic mass is 10.2. The molecular formula is C16H16F3NO2. The molecule has 0 spiro atoms. The highest BCUT2D eigenvalue weighted by atomic mass is 19.4. The zero-order valence-electron chi connectivity index (χ0n) is 12.0. The first kappa shape index (κ1) is 16.0. The summed E-state index contributed by atoms with van der Waals surface area (Å²) < 4.78 is 40.8. The molecule has 1 N–H and O–H groups in total. The van der Waals surface area contributed by atoms with E-state index in [2.05, 4.69) is 4.74 Å². The lowest BCUT2D eigenvalue weighted by Crippen LogP contribution is -2.22. The summed E-state index contributed by atoms with van der Waals surface area (Å²) in [5.74, 6) is -0.0953. The molecule has 0 bridgehead atoms. The molecule has 0 heterocycles. The van der Waals surface area contributed by atoms with Crippen LogP contribution in [-0.2, 0) is 6.54 Å². The molecule has 0 saturated carbocycles. The number of phenols is 1. The summed E-state index contributed by atoms with van der Waals surface area (Å²) in [5, 5.41) is 9.48. The number of halogens is 3. The molecule has 0 radical (unpaired) electrons. The number of ether oxygens (including phenoxy) is 1. The SMILES string of the molecule is CCN(Cc1cccc(O)c1)c1cccc(OC(F)(F)F)c1. The normalized spacial score (nSPS) is 11.3. The molecule has 118 valence electrons. The first-order chi connectivity index (χ1) is 10.4. The molecule has 0 amide bonds. The van der Waals surface area contributed by atoms with Crippen LogP contribution in [0.4, 0.5) is 18.9 Å². The van der Waals surface area contributed by atoms with Gasteiger partial charge in [0.1, 0.15) is 11.5 Å². The van der Waals surface area contributed by atoms with Crippen molar-refractivity contribution in [2.45, 2.75) is 19.8 Å². The van der Waals surface area contributed by atoms with Crippen molar-refractivity contribution in [1.82, 2.24) is 0 Å². The lowest BCUT2D eigenvalue weighted by Gasteiger charge is -2.24. The van der Waals surface area contributed by atoms with Gasteiger partial charge in [0.25, 0.3) is 0 Å². The van der Waals surface area contributed by atoms with Crippen LogP contribution in [0, 0.1) is 0 Å². The summed E-state index contributed by atoms with van der Waals surface area (Å²) >= 11 is 0. The number of anilines is 1. The summed E-state index contributed by atoms with van der Waals surface area (Å²) in [6, 6.07) is 12.6. The molecule has 0 aliphatic rings. The molecule has 0 aromatic heterocycles. The van der Waals surface area contributed by atoms with Crippen molar-refractivity contribution in [3.63, 3.8) is 0 Å². The lowest BCUT2D eigenvalue weighted by molar-refractivity contribution is -0.274. The first-order valence-corrected chi connectivity index (χ1v) is 6.76. The minimum Gasteiger partial charge on any atom is -0.508 e. The van der Waals surface area contributed by atoms with E-state index >= 15 is 0 Å². The van der Waals surface area contributed by atoms with Gasteiger partial charge in [0.15, 0.2) is 0 Å². The topological polar surface area (TPSA) is 32.7 Å². The molecule has 0 unspecified atom stereocenters. The average molecular weight is 311 g/mol.